The van der Waals surface area contributed by atoms with Gasteiger partial charge in [-0.1, -0.05) is 42.1 Å². The van der Waals surface area contributed by atoms with Crippen LogP contribution in [0.3, 0.4) is 0 Å². The van der Waals surface area contributed by atoms with Crippen molar-refractivity contribution >= 4 is 46.2 Å². The van der Waals surface area contributed by atoms with Gasteiger partial charge in [-0.25, -0.2) is 0 Å². The third kappa shape index (κ3) is 4.46. The SMILES string of the molecule is Cc1nn(Cc2ccc(Cl)cc2Cl)c(C)c1NC(=S)NC1CCCC1. The van der Waals surface area contributed by atoms with Crippen LogP contribution in [0.2, 0.25) is 10.0 Å². The largest absolute Gasteiger partial charge is 0.360 e. The predicted octanol–water partition coefficient (Wildman–Crippen LogP) is 5.08. The summed E-state index contributed by atoms with van der Waals surface area (Å²) in [5, 5.41) is 13.3. The molecule has 2 aromatic rings. The number of hydrogen-bond donors (Lipinski definition) is 2. The molecule has 0 unspecified atom stereocenters. The van der Waals surface area contributed by atoms with E-state index in [-0.39, 0.29) is 0 Å². The highest BCUT2D eigenvalue weighted by Gasteiger charge is 2.18. The Morgan fingerprint density at radius 3 is 2.68 bits per heavy atom. The molecule has 1 aliphatic carbocycles. The number of anilines is 1. The molecule has 1 saturated carbocycles. The van der Waals surface area contributed by atoms with Crippen molar-refractivity contribution in [2.45, 2.75) is 52.1 Å². The maximum atomic E-state index is 6.29. The zero-order valence-corrected chi connectivity index (χ0v) is 16.7. The monoisotopic (exact) mass is 396 g/mol. The van der Waals surface area contributed by atoms with Crippen molar-refractivity contribution in [1.29, 1.82) is 0 Å². The van der Waals surface area contributed by atoms with Gasteiger partial charge in [0.1, 0.15) is 0 Å². The molecule has 0 atom stereocenters. The van der Waals surface area contributed by atoms with Crippen LogP contribution in [0.25, 0.3) is 0 Å². The molecule has 1 heterocycles. The van der Waals surface area contributed by atoms with Gasteiger partial charge in [-0.05, 0) is 56.6 Å². The van der Waals surface area contributed by atoms with Crippen LogP contribution in [0, 0.1) is 13.8 Å². The van der Waals surface area contributed by atoms with Crippen LogP contribution in [0.5, 0.6) is 0 Å². The molecule has 25 heavy (non-hydrogen) atoms. The quantitative estimate of drug-likeness (QED) is 0.706. The third-order valence-corrected chi connectivity index (χ3v) is 5.45. The Kier molecular flexibility index (Phi) is 5.87. The van der Waals surface area contributed by atoms with Crippen LogP contribution in [0.1, 0.15) is 42.6 Å². The highest BCUT2D eigenvalue weighted by atomic mass is 35.5. The van der Waals surface area contributed by atoms with Crippen LogP contribution in [-0.2, 0) is 6.54 Å². The van der Waals surface area contributed by atoms with Gasteiger partial charge >= 0.3 is 0 Å². The summed E-state index contributed by atoms with van der Waals surface area (Å²) >= 11 is 17.7. The normalized spacial score (nSPS) is 14.7. The number of aryl methyl sites for hydroxylation is 1. The van der Waals surface area contributed by atoms with Crippen LogP contribution < -0.4 is 10.6 Å². The van der Waals surface area contributed by atoms with E-state index in [1.807, 2.05) is 30.7 Å². The van der Waals surface area contributed by atoms with Crippen molar-refractivity contribution in [2.75, 3.05) is 5.32 Å². The summed E-state index contributed by atoms with van der Waals surface area (Å²) in [7, 11) is 0. The van der Waals surface area contributed by atoms with Crippen molar-refractivity contribution in [2.24, 2.45) is 0 Å². The Morgan fingerprint density at radius 1 is 1.28 bits per heavy atom. The minimum Gasteiger partial charge on any atom is -0.360 e. The molecule has 0 radical (unpaired) electrons. The van der Waals surface area contributed by atoms with E-state index >= 15 is 0 Å². The highest BCUT2D eigenvalue weighted by Crippen LogP contribution is 2.25. The Balaban J connectivity index is 1.72. The van der Waals surface area contributed by atoms with Crippen molar-refractivity contribution in [1.82, 2.24) is 15.1 Å². The second-order valence-electron chi connectivity index (χ2n) is 6.52. The topological polar surface area (TPSA) is 41.9 Å². The van der Waals surface area contributed by atoms with Gasteiger partial charge in [-0.15, -0.1) is 0 Å². The summed E-state index contributed by atoms with van der Waals surface area (Å²) in [4.78, 5) is 0. The van der Waals surface area contributed by atoms with E-state index in [2.05, 4.69) is 15.7 Å². The number of halogens is 2. The summed E-state index contributed by atoms with van der Waals surface area (Å²) in [6.45, 7) is 4.60. The van der Waals surface area contributed by atoms with Gasteiger partial charge in [0, 0.05) is 16.1 Å². The molecule has 134 valence electrons. The van der Waals surface area contributed by atoms with Crippen LogP contribution >= 0.6 is 35.4 Å². The zero-order valence-electron chi connectivity index (χ0n) is 14.4. The molecular weight excluding hydrogens is 375 g/mol. The first-order valence-corrected chi connectivity index (χ1v) is 9.66. The van der Waals surface area contributed by atoms with E-state index in [1.54, 1.807) is 6.07 Å². The molecule has 3 rings (SSSR count). The highest BCUT2D eigenvalue weighted by molar-refractivity contribution is 7.80. The average Bonchev–Trinajstić information content (AvgIpc) is 3.14. The second kappa shape index (κ2) is 7.94. The minimum absolute atomic E-state index is 0.489. The fourth-order valence-electron chi connectivity index (χ4n) is 3.25. The van der Waals surface area contributed by atoms with E-state index in [0.29, 0.717) is 27.7 Å². The lowest BCUT2D eigenvalue weighted by Gasteiger charge is -2.16. The van der Waals surface area contributed by atoms with Gasteiger partial charge in [0.25, 0.3) is 0 Å². The summed E-state index contributed by atoms with van der Waals surface area (Å²) in [5.74, 6) is 0. The summed E-state index contributed by atoms with van der Waals surface area (Å²) in [6.07, 6.45) is 4.93. The molecular formula is C18H22Cl2N4S. The molecule has 0 amide bonds. The Hall–Kier alpha value is -1.30. The fourth-order valence-corrected chi connectivity index (χ4v) is 3.99. The van der Waals surface area contributed by atoms with Gasteiger partial charge < -0.3 is 10.6 Å². The van der Waals surface area contributed by atoms with Crippen molar-refractivity contribution in [3.05, 3.63) is 45.2 Å². The molecule has 1 aromatic carbocycles. The molecule has 4 nitrogen and oxygen atoms in total. The number of benzene rings is 1. The van der Waals surface area contributed by atoms with E-state index in [0.717, 1.165) is 22.6 Å². The van der Waals surface area contributed by atoms with E-state index < -0.39 is 0 Å². The molecule has 0 spiro atoms. The summed E-state index contributed by atoms with van der Waals surface area (Å²) < 4.78 is 1.94. The molecule has 1 aromatic heterocycles. The number of rotatable bonds is 4. The first-order chi connectivity index (χ1) is 11.9. The Morgan fingerprint density at radius 2 is 2.00 bits per heavy atom. The predicted molar refractivity (Wildman–Crippen MR) is 109 cm³/mol. The molecule has 7 heteroatoms. The van der Waals surface area contributed by atoms with Gasteiger partial charge in [0.15, 0.2) is 5.11 Å². The lowest BCUT2D eigenvalue weighted by atomic mass is 10.2. The lowest BCUT2D eigenvalue weighted by Crippen LogP contribution is -2.36. The summed E-state index contributed by atoms with van der Waals surface area (Å²) in [6, 6.07) is 6.02. The van der Waals surface area contributed by atoms with E-state index in [9.17, 15) is 0 Å². The van der Waals surface area contributed by atoms with Crippen molar-refractivity contribution < 1.29 is 0 Å². The van der Waals surface area contributed by atoms with Gasteiger partial charge in [0.2, 0.25) is 0 Å². The van der Waals surface area contributed by atoms with Crippen molar-refractivity contribution in [3.63, 3.8) is 0 Å². The molecule has 0 bridgehead atoms. The fraction of sp³-hybridized carbons (Fsp3) is 0.444. The van der Waals surface area contributed by atoms with Crippen LogP contribution in [0.4, 0.5) is 5.69 Å². The molecule has 0 saturated heterocycles. The van der Waals surface area contributed by atoms with E-state index in [4.69, 9.17) is 35.4 Å². The minimum atomic E-state index is 0.489. The Labute approximate surface area is 163 Å². The smallest absolute Gasteiger partial charge is 0.171 e. The number of nitrogens with one attached hydrogen (secondary N) is 2. The second-order valence-corrected chi connectivity index (χ2v) is 7.77. The van der Waals surface area contributed by atoms with Gasteiger partial charge in [-0.3, -0.25) is 4.68 Å². The Bertz CT molecular complexity index is 782. The maximum absolute atomic E-state index is 6.29. The molecule has 1 aliphatic rings. The zero-order chi connectivity index (χ0) is 18.0. The molecule has 1 fully saturated rings. The van der Waals surface area contributed by atoms with Crippen LogP contribution in [-0.4, -0.2) is 20.9 Å². The first kappa shape index (κ1) is 18.5. The number of thiocarbonyl (C=S) groups is 1. The van der Waals surface area contributed by atoms with Gasteiger partial charge in [-0.2, -0.15) is 5.10 Å². The van der Waals surface area contributed by atoms with Gasteiger partial charge in [0.05, 0.1) is 23.6 Å². The number of nitrogens with zero attached hydrogens (tertiary/aromatic N) is 2. The van der Waals surface area contributed by atoms with Crippen LogP contribution in [0.15, 0.2) is 18.2 Å². The number of aromatic nitrogens is 2. The third-order valence-electron chi connectivity index (χ3n) is 4.65. The average molecular weight is 397 g/mol. The maximum Gasteiger partial charge on any atom is 0.171 e. The first-order valence-electron chi connectivity index (χ1n) is 8.49. The molecule has 2 N–H and O–H groups in total. The van der Waals surface area contributed by atoms with Crippen molar-refractivity contribution in [3.8, 4) is 0 Å². The van der Waals surface area contributed by atoms with E-state index in [1.165, 1.54) is 25.7 Å². The lowest BCUT2D eigenvalue weighted by molar-refractivity contribution is 0.634. The summed E-state index contributed by atoms with van der Waals surface area (Å²) in [5.41, 5.74) is 3.88. The number of hydrogen-bond acceptors (Lipinski definition) is 2. The standard InChI is InChI=1S/C18H22Cl2N4S/c1-11-17(22-18(25)21-15-5-3-4-6-15)12(2)24(23-11)10-13-7-8-14(19)9-16(13)20/h7-9,15H,3-6,10H2,1-2H3,(H2,21,22,25). The molecule has 0 aliphatic heterocycles.